The van der Waals surface area contributed by atoms with Gasteiger partial charge in [-0.3, -0.25) is 4.90 Å². The van der Waals surface area contributed by atoms with Gasteiger partial charge >= 0.3 is 0 Å². The summed E-state index contributed by atoms with van der Waals surface area (Å²) >= 11 is 0. The van der Waals surface area contributed by atoms with E-state index in [9.17, 15) is 0 Å². The Morgan fingerprint density at radius 3 is 2.74 bits per heavy atom. The number of nitrogens with zero attached hydrogens (tertiary/aromatic N) is 4. The van der Waals surface area contributed by atoms with Crippen molar-refractivity contribution in [3.63, 3.8) is 0 Å². The molecule has 0 spiro atoms. The summed E-state index contributed by atoms with van der Waals surface area (Å²) < 4.78 is 5.57. The summed E-state index contributed by atoms with van der Waals surface area (Å²) in [5, 5.41) is 12.3. The Hall–Kier alpha value is -1.44. The van der Waals surface area contributed by atoms with E-state index in [1.54, 1.807) is 0 Å². The highest BCUT2D eigenvalue weighted by atomic mass is 16.5. The summed E-state index contributed by atoms with van der Waals surface area (Å²) in [6, 6.07) is 2.96. The van der Waals surface area contributed by atoms with Crippen molar-refractivity contribution in [2.24, 2.45) is 0 Å². The zero-order valence-electron chi connectivity index (χ0n) is 16.3. The first kappa shape index (κ1) is 18.9. The van der Waals surface area contributed by atoms with Crippen LogP contribution in [0.15, 0.2) is 6.07 Å². The van der Waals surface area contributed by atoms with Crippen molar-refractivity contribution in [1.29, 1.82) is 0 Å². The number of nitrogens with one attached hydrogen (secondary N) is 1. The summed E-state index contributed by atoms with van der Waals surface area (Å²) in [5.74, 6) is 1.99. The number of anilines is 2. The normalized spacial score (nSPS) is 25.1. The molecule has 1 saturated carbocycles. The number of aromatic nitrogens is 2. The second-order valence-corrected chi connectivity index (χ2v) is 8.00. The van der Waals surface area contributed by atoms with Gasteiger partial charge in [-0.2, -0.15) is 4.98 Å². The second-order valence-electron chi connectivity index (χ2n) is 8.00. The molecule has 1 aromatic rings. The third-order valence-corrected chi connectivity index (χ3v) is 6.17. The Kier molecular flexibility index (Phi) is 6.42. The third-order valence-electron chi connectivity index (χ3n) is 6.17. The number of aliphatic hydroxyl groups is 1. The molecule has 0 bridgehead atoms. The highest BCUT2D eigenvalue weighted by molar-refractivity contribution is 5.46. The topological polar surface area (TPSA) is 73.8 Å². The average Bonchev–Trinajstić information content (AvgIpc) is 3.37. The van der Waals surface area contributed by atoms with Crippen molar-refractivity contribution in [2.75, 3.05) is 62.8 Å². The van der Waals surface area contributed by atoms with Crippen molar-refractivity contribution in [3.8, 4) is 0 Å². The zero-order chi connectivity index (χ0) is 18.5. The quantitative estimate of drug-likeness (QED) is 0.786. The van der Waals surface area contributed by atoms with Crippen LogP contribution >= 0.6 is 0 Å². The molecule has 7 heteroatoms. The lowest BCUT2D eigenvalue weighted by atomic mass is 10.0. The van der Waals surface area contributed by atoms with Crippen LogP contribution in [-0.4, -0.2) is 78.6 Å². The molecule has 3 aliphatic rings. The summed E-state index contributed by atoms with van der Waals surface area (Å²) in [4.78, 5) is 14.6. The predicted octanol–water partition coefficient (Wildman–Crippen LogP) is 1.84. The highest BCUT2D eigenvalue weighted by Gasteiger charge is 2.26. The maximum absolute atomic E-state index is 9.14. The molecule has 0 amide bonds. The van der Waals surface area contributed by atoms with E-state index in [0.29, 0.717) is 18.4 Å². The van der Waals surface area contributed by atoms with Gasteiger partial charge < -0.3 is 20.1 Å². The summed E-state index contributed by atoms with van der Waals surface area (Å²) in [7, 11) is 0. The first-order valence-corrected chi connectivity index (χ1v) is 10.6. The number of ether oxygens (including phenoxy) is 1. The van der Waals surface area contributed by atoms with E-state index < -0.39 is 0 Å². The lowest BCUT2D eigenvalue weighted by Gasteiger charge is -2.27. The van der Waals surface area contributed by atoms with Gasteiger partial charge in [-0.1, -0.05) is 12.8 Å². The van der Waals surface area contributed by atoms with Gasteiger partial charge in [-0.05, 0) is 25.7 Å². The molecule has 1 aliphatic carbocycles. The Labute approximate surface area is 162 Å². The molecular weight excluding hydrogens is 342 g/mol. The molecule has 3 fully saturated rings. The van der Waals surface area contributed by atoms with E-state index in [1.165, 1.54) is 38.6 Å². The van der Waals surface area contributed by atoms with E-state index in [4.69, 9.17) is 19.8 Å². The Balaban J connectivity index is 1.49. The minimum absolute atomic E-state index is 0.0789. The molecule has 1 atom stereocenters. The molecule has 0 unspecified atom stereocenters. The molecule has 2 saturated heterocycles. The van der Waals surface area contributed by atoms with Gasteiger partial charge in [0.1, 0.15) is 5.82 Å². The molecule has 0 radical (unpaired) electrons. The van der Waals surface area contributed by atoms with Gasteiger partial charge in [-0.25, -0.2) is 4.98 Å². The van der Waals surface area contributed by atoms with Crippen LogP contribution in [-0.2, 0) is 4.74 Å². The van der Waals surface area contributed by atoms with Gasteiger partial charge in [-0.15, -0.1) is 0 Å². The third kappa shape index (κ3) is 4.70. The molecule has 27 heavy (non-hydrogen) atoms. The van der Waals surface area contributed by atoms with Gasteiger partial charge in [0.2, 0.25) is 5.95 Å². The van der Waals surface area contributed by atoms with Crippen LogP contribution in [0, 0.1) is 0 Å². The lowest BCUT2D eigenvalue weighted by molar-refractivity contribution is 0.193. The molecular formula is C20H33N5O2. The molecule has 2 N–H and O–H groups in total. The summed E-state index contributed by atoms with van der Waals surface area (Å²) in [5.41, 5.74) is 1.06. The van der Waals surface area contributed by atoms with Gasteiger partial charge in [0.05, 0.1) is 18.9 Å². The van der Waals surface area contributed by atoms with Gasteiger partial charge in [0, 0.05) is 57.4 Å². The van der Waals surface area contributed by atoms with Gasteiger partial charge in [0.15, 0.2) is 0 Å². The zero-order valence-corrected chi connectivity index (χ0v) is 16.3. The Morgan fingerprint density at radius 2 is 1.96 bits per heavy atom. The first-order chi connectivity index (χ1) is 13.3. The van der Waals surface area contributed by atoms with Crippen LogP contribution in [0.2, 0.25) is 0 Å². The molecule has 0 aromatic carbocycles. The largest absolute Gasteiger partial charge is 0.395 e. The van der Waals surface area contributed by atoms with Crippen LogP contribution in [0.25, 0.3) is 0 Å². The smallest absolute Gasteiger partial charge is 0.224 e. The van der Waals surface area contributed by atoms with Crippen LogP contribution in [0.1, 0.15) is 50.1 Å². The summed E-state index contributed by atoms with van der Waals surface area (Å²) in [6.45, 7) is 6.48. The number of hydrogen-bond acceptors (Lipinski definition) is 7. The highest BCUT2D eigenvalue weighted by Crippen LogP contribution is 2.29. The Morgan fingerprint density at radius 1 is 1.07 bits per heavy atom. The summed E-state index contributed by atoms with van der Waals surface area (Å²) in [6.07, 6.45) is 7.73. The van der Waals surface area contributed by atoms with E-state index in [2.05, 4.69) is 21.2 Å². The SMILES string of the molecule is OCCNc1nc([C@H]2CCOC2)cc(N2CCCN(C3CCCC3)CC2)n1. The van der Waals surface area contributed by atoms with Crippen LogP contribution < -0.4 is 10.2 Å². The fourth-order valence-corrected chi connectivity index (χ4v) is 4.64. The number of hydrogen-bond donors (Lipinski definition) is 2. The van der Waals surface area contributed by atoms with Crippen molar-refractivity contribution in [2.45, 2.75) is 50.5 Å². The second kappa shape index (κ2) is 9.17. The monoisotopic (exact) mass is 375 g/mol. The molecule has 150 valence electrons. The minimum Gasteiger partial charge on any atom is -0.395 e. The van der Waals surface area contributed by atoms with Crippen LogP contribution in [0.4, 0.5) is 11.8 Å². The molecule has 3 heterocycles. The van der Waals surface area contributed by atoms with E-state index >= 15 is 0 Å². The molecule has 1 aromatic heterocycles. The number of rotatable bonds is 6. The minimum atomic E-state index is 0.0789. The van der Waals surface area contributed by atoms with Crippen LogP contribution in [0.3, 0.4) is 0 Å². The van der Waals surface area contributed by atoms with Crippen molar-refractivity contribution < 1.29 is 9.84 Å². The fraction of sp³-hybridized carbons (Fsp3) is 0.800. The standard InChI is InChI=1S/C20H33N5O2/c26-12-7-21-20-22-18(16-6-13-27-15-16)14-19(23-20)25-9-3-8-24(10-11-25)17-4-1-2-5-17/h14,16-17,26H,1-13,15H2,(H,21,22,23)/t16-/m0/s1. The maximum Gasteiger partial charge on any atom is 0.224 e. The first-order valence-electron chi connectivity index (χ1n) is 10.6. The van der Waals surface area contributed by atoms with Crippen molar-refractivity contribution in [1.82, 2.24) is 14.9 Å². The van der Waals surface area contributed by atoms with Gasteiger partial charge in [0.25, 0.3) is 0 Å². The van der Waals surface area contributed by atoms with Crippen molar-refractivity contribution >= 4 is 11.8 Å². The van der Waals surface area contributed by atoms with Crippen molar-refractivity contribution in [3.05, 3.63) is 11.8 Å². The van der Waals surface area contributed by atoms with E-state index in [-0.39, 0.29) is 6.61 Å². The van der Waals surface area contributed by atoms with E-state index in [1.807, 2.05) is 0 Å². The number of aliphatic hydroxyl groups excluding tert-OH is 1. The van der Waals surface area contributed by atoms with Crippen LogP contribution in [0.5, 0.6) is 0 Å². The Bertz CT molecular complexity index is 602. The maximum atomic E-state index is 9.14. The predicted molar refractivity (Wildman–Crippen MR) is 106 cm³/mol. The molecule has 7 nitrogen and oxygen atoms in total. The molecule has 2 aliphatic heterocycles. The average molecular weight is 376 g/mol. The lowest BCUT2D eigenvalue weighted by Crippen LogP contribution is -2.37. The molecule has 4 rings (SSSR count). The fourth-order valence-electron chi connectivity index (χ4n) is 4.64. The van der Waals surface area contributed by atoms with E-state index in [0.717, 1.165) is 56.8 Å².